The maximum atomic E-state index is 11.8. The van der Waals surface area contributed by atoms with Crippen molar-refractivity contribution < 1.29 is 19.8 Å². The summed E-state index contributed by atoms with van der Waals surface area (Å²) in [6, 6.07) is 29.9. The Labute approximate surface area is 184 Å². The lowest BCUT2D eigenvalue weighted by atomic mass is 9.94. The van der Waals surface area contributed by atoms with Gasteiger partial charge in [-0.1, -0.05) is 72.8 Å². The molecular weight excluding hydrogens is 400 g/mol. The van der Waals surface area contributed by atoms with Gasteiger partial charge in [0.2, 0.25) is 0 Å². The average molecular weight is 418 g/mol. The second kappa shape index (κ2) is 7.67. The van der Waals surface area contributed by atoms with E-state index < -0.39 is 11.9 Å². The van der Waals surface area contributed by atoms with Gasteiger partial charge in [0.25, 0.3) is 0 Å². The second-order valence-corrected chi connectivity index (χ2v) is 7.68. The third-order valence-electron chi connectivity index (χ3n) is 5.74. The zero-order valence-electron chi connectivity index (χ0n) is 16.9. The van der Waals surface area contributed by atoms with Gasteiger partial charge in [0.05, 0.1) is 11.1 Å². The Morgan fingerprint density at radius 2 is 0.844 bits per heavy atom. The molecule has 0 unspecified atom stereocenters. The fourth-order valence-corrected chi connectivity index (χ4v) is 4.16. The summed E-state index contributed by atoms with van der Waals surface area (Å²) >= 11 is 0. The van der Waals surface area contributed by atoms with Crippen LogP contribution in [0, 0.1) is 0 Å². The minimum absolute atomic E-state index is 0.266. The first-order valence-electron chi connectivity index (χ1n) is 10.1. The summed E-state index contributed by atoms with van der Waals surface area (Å²) < 4.78 is 0. The van der Waals surface area contributed by atoms with Crippen LogP contribution >= 0.6 is 0 Å². The third-order valence-corrected chi connectivity index (χ3v) is 5.74. The van der Waals surface area contributed by atoms with Gasteiger partial charge >= 0.3 is 11.9 Å². The smallest absolute Gasteiger partial charge is 0.336 e. The predicted octanol–water partition coefficient (Wildman–Crippen LogP) is 6.72. The molecule has 0 aliphatic rings. The first kappa shape index (κ1) is 19.5. The van der Waals surface area contributed by atoms with E-state index >= 15 is 0 Å². The molecule has 154 valence electrons. The molecule has 0 amide bonds. The van der Waals surface area contributed by atoms with Crippen molar-refractivity contribution in [1.29, 1.82) is 0 Å². The van der Waals surface area contributed by atoms with Crippen LogP contribution in [0.5, 0.6) is 0 Å². The van der Waals surface area contributed by atoms with Gasteiger partial charge in [-0.05, 0) is 68.1 Å². The largest absolute Gasteiger partial charge is 0.478 e. The van der Waals surface area contributed by atoms with Crippen molar-refractivity contribution >= 4 is 33.5 Å². The van der Waals surface area contributed by atoms with Gasteiger partial charge in [0.1, 0.15) is 0 Å². The maximum absolute atomic E-state index is 11.8. The maximum Gasteiger partial charge on any atom is 0.336 e. The minimum atomic E-state index is -0.961. The zero-order chi connectivity index (χ0) is 22.2. The molecule has 4 nitrogen and oxygen atoms in total. The Morgan fingerprint density at radius 3 is 1.22 bits per heavy atom. The van der Waals surface area contributed by atoms with Gasteiger partial charge in [0, 0.05) is 0 Å². The number of benzene rings is 5. The van der Waals surface area contributed by atoms with Crippen molar-refractivity contribution in [3.8, 4) is 22.3 Å². The van der Waals surface area contributed by atoms with E-state index in [1.54, 1.807) is 12.1 Å². The van der Waals surface area contributed by atoms with Crippen LogP contribution in [0.2, 0.25) is 0 Å². The summed E-state index contributed by atoms with van der Waals surface area (Å²) in [5.41, 5.74) is 3.95. The second-order valence-electron chi connectivity index (χ2n) is 7.68. The Kier molecular flexibility index (Phi) is 4.68. The van der Waals surface area contributed by atoms with Crippen LogP contribution in [0.4, 0.5) is 0 Å². The molecule has 5 rings (SSSR count). The van der Waals surface area contributed by atoms with E-state index in [9.17, 15) is 19.8 Å². The van der Waals surface area contributed by atoms with Crippen molar-refractivity contribution in [3.63, 3.8) is 0 Å². The zero-order valence-corrected chi connectivity index (χ0v) is 16.9. The number of hydrogen-bond acceptors (Lipinski definition) is 2. The summed E-state index contributed by atoms with van der Waals surface area (Å²) in [5.74, 6) is -1.92. The molecule has 0 heterocycles. The number of rotatable bonds is 4. The molecule has 2 N–H and O–H groups in total. The Balaban J connectivity index is 1.60. The molecule has 5 aromatic rings. The lowest BCUT2D eigenvalue weighted by Crippen LogP contribution is -1.98. The van der Waals surface area contributed by atoms with Crippen LogP contribution in [-0.4, -0.2) is 22.2 Å². The quantitative estimate of drug-likeness (QED) is 0.340. The van der Waals surface area contributed by atoms with Gasteiger partial charge in [-0.15, -0.1) is 0 Å². The van der Waals surface area contributed by atoms with Gasteiger partial charge in [-0.2, -0.15) is 0 Å². The number of fused-ring (bicyclic) bond motifs is 2. The molecule has 0 aromatic heterocycles. The lowest BCUT2D eigenvalue weighted by Gasteiger charge is -2.10. The predicted molar refractivity (Wildman–Crippen MR) is 126 cm³/mol. The van der Waals surface area contributed by atoms with E-state index in [4.69, 9.17) is 0 Å². The summed E-state index contributed by atoms with van der Waals surface area (Å²) in [6.45, 7) is 0. The first-order valence-corrected chi connectivity index (χ1v) is 10.1. The number of hydrogen-bond donors (Lipinski definition) is 2. The van der Waals surface area contributed by atoms with Gasteiger partial charge in [0.15, 0.2) is 0 Å². The van der Waals surface area contributed by atoms with Gasteiger partial charge < -0.3 is 10.2 Å². The van der Waals surface area contributed by atoms with Crippen LogP contribution in [-0.2, 0) is 0 Å². The van der Waals surface area contributed by atoms with Gasteiger partial charge in [-0.3, -0.25) is 0 Å². The first-order chi connectivity index (χ1) is 15.5. The van der Waals surface area contributed by atoms with Crippen LogP contribution in [0.1, 0.15) is 20.7 Å². The highest BCUT2D eigenvalue weighted by atomic mass is 16.4. The Hall–Kier alpha value is -4.44. The standard InChI is InChI=1S/C28H18O4/c29-27(30)25-15-21(13-19-5-1-3-7-23(19)25)17-9-11-18(12-10-17)22-14-20-6-2-4-8-24(20)26(16-22)28(31)32/h1-16H,(H,29,30)(H,31,32). The molecule has 5 aromatic carbocycles. The Bertz CT molecular complexity index is 1400. The van der Waals surface area contributed by atoms with Crippen molar-refractivity contribution in [2.24, 2.45) is 0 Å². The topological polar surface area (TPSA) is 74.6 Å². The molecule has 4 heteroatoms. The number of aromatic carboxylic acids is 2. The summed E-state index contributed by atoms with van der Waals surface area (Å²) in [7, 11) is 0. The van der Waals surface area contributed by atoms with Crippen molar-refractivity contribution in [2.45, 2.75) is 0 Å². The molecule has 0 saturated carbocycles. The molecule has 0 saturated heterocycles. The fourth-order valence-electron chi connectivity index (χ4n) is 4.16. The molecule has 0 aliphatic carbocycles. The molecule has 0 aliphatic heterocycles. The SMILES string of the molecule is O=C(O)c1cc(-c2ccc(-c3cc(C(=O)O)c4ccccc4c3)cc2)cc2ccccc12. The van der Waals surface area contributed by atoms with Crippen LogP contribution in [0.25, 0.3) is 43.8 Å². The summed E-state index contributed by atoms with van der Waals surface area (Å²) in [4.78, 5) is 23.6. The molecule has 0 atom stereocenters. The lowest BCUT2D eigenvalue weighted by molar-refractivity contribution is 0.0688. The molecular formula is C28H18O4. The van der Waals surface area contributed by atoms with E-state index in [2.05, 4.69) is 0 Å². The number of carboxylic acids is 2. The summed E-state index contributed by atoms with van der Waals surface area (Å²) in [6.07, 6.45) is 0. The van der Waals surface area contributed by atoms with E-state index in [-0.39, 0.29) is 11.1 Å². The third kappa shape index (κ3) is 3.38. The monoisotopic (exact) mass is 418 g/mol. The van der Waals surface area contributed by atoms with Crippen LogP contribution in [0.15, 0.2) is 97.1 Å². The molecule has 32 heavy (non-hydrogen) atoms. The average Bonchev–Trinajstić information content (AvgIpc) is 2.82. The van der Waals surface area contributed by atoms with E-state index in [1.165, 1.54) is 0 Å². The van der Waals surface area contributed by atoms with E-state index in [0.717, 1.165) is 33.0 Å². The highest BCUT2D eigenvalue weighted by Crippen LogP contribution is 2.32. The van der Waals surface area contributed by atoms with E-state index in [0.29, 0.717) is 10.8 Å². The number of carbonyl (C=O) groups is 2. The summed E-state index contributed by atoms with van der Waals surface area (Å²) in [5, 5.41) is 22.5. The molecule has 0 radical (unpaired) electrons. The number of carboxylic acid groups (broad SMARTS) is 2. The molecule has 0 bridgehead atoms. The highest BCUT2D eigenvalue weighted by molar-refractivity contribution is 6.07. The fraction of sp³-hybridized carbons (Fsp3) is 0. The normalized spacial score (nSPS) is 11.0. The Morgan fingerprint density at radius 1 is 0.469 bits per heavy atom. The van der Waals surface area contributed by atoms with Crippen LogP contribution in [0.3, 0.4) is 0 Å². The minimum Gasteiger partial charge on any atom is -0.478 e. The van der Waals surface area contributed by atoms with Crippen molar-refractivity contribution in [1.82, 2.24) is 0 Å². The molecule has 0 fully saturated rings. The van der Waals surface area contributed by atoms with Crippen molar-refractivity contribution in [3.05, 3.63) is 108 Å². The van der Waals surface area contributed by atoms with Gasteiger partial charge in [-0.25, -0.2) is 9.59 Å². The van der Waals surface area contributed by atoms with Crippen LogP contribution < -0.4 is 0 Å². The van der Waals surface area contributed by atoms with Crippen molar-refractivity contribution in [2.75, 3.05) is 0 Å². The highest BCUT2D eigenvalue weighted by Gasteiger charge is 2.13. The molecule has 0 spiro atoms. The van der Waals surface area contributed by atoms with E-state index in [1.807, 2.05) is 84.9 Å².